The summed E-state index contributed by atoms with van der Waals surface area (Å²) in [6.07, 6.45) is 0. The second-order valence-electron chi connectivity index (χ2n) is 5.15. The number of aryl methyl sites for hydroxylation is 2. The number of halogens is 1. The first-order chi connectivity index (χ1) is 8.97. The molecule has 0 fully saturated rings. The topological polar surface area (TPSA) is 29.9 Å². The molecule has 3 nitrogen and oxygen atoms in total. The molecular weight excluding hydrogens is 258 g/mol. The van der Waals surface area contributed by atoms with Gasteiger partial charge in [0.15, 0.2) is 0 Å². The molecule has 1 aromatic carbocycles. The molecule has 0 unspecified atom stereocenters. The van der Waals surface area contributed by atoms with Crippen molar-refractivity contribution in [2.45, 2.75) is 40.3 Å². The molecule has 0 amide bonds. The molecule has 2 rings (SSSR count). The van der Waals surface area contributed by atoms with Crippen LogP contribution in [0.25, 0.3) is 5.69 Å². The van der Waals surface area contributed by atoms with Crippen molar-refractivity contribution in [3.63, 3.8) is 0 Å². The zero-order valence-electron chi connectivity index (χ0n) is 11.9. The Balaban J connectivity index is 2.41. The number of nitrogens with zero attached hydrogens (tertiary/aromatic N) is 2. The highest BCUT2D eigenvalue weighted by Crippen LogP contribution is 2.21. The van der Waals surface area contributed by atoms with E-state index in [0.717, 1.165) is 34.2 Å². The van der Waals surface area contributed by atoms with Crippen LogP contribution < -0.4 is 5.32 Å². The quantitative estimate of drug-likeness (QED) is 0.925. The zero-order valence-corrected chi connectivity index (χ0v) is 12.6. The van der Waals surface area contributed by atoms with Crippen LogP contribution in [-0.4, -0.2) is 15.8 Å². The molecule has 0 saturated heterocycles. The highest BCUT2D eigenvalue weighted by Gasteiger charge is 2.10. The van der Waals surface area contributed by atoms with Crippen LogP contribution in [-0.2, 0) is 6.54 Å². The smallest absolute Gasteiger partial charge is 0.0694 e. The van der Waals surface area contributed by atoms with E-state index in [1.165, 1.54) is 0 Å². The molecule has 0 aliphatic rings. The number of aromatic nitrogens is 2. The summed E-state index contributed by atoms with van der Waals surface area (Å²) >= 11 is 6.11. The lowest BCUT2D eigenvalue weighted by Gasteiger charge is -2.14. The second kappa shape index (κ2) is 5.76. The predicted molar refractivity (Wildman–Crippen MR) is 80.0 cm³/mol. The van der Waals surface area contributed by atoms with Gasteiger partial charge in [0.2, 0.25) is 0 Å². The fraction of sp³-hybridized carbons (Fsp3) is 0.400. The molecule has 0 spiro atoms. The molecule has 19 heavy (non-hydrogen) atoms. The van der Waals surface area contributed by atoms with E-state index in [1.54, 1.807) is 0 Å². The molecule has 0 bridgehead atoms. The Hall–Kier alpha value is -1.32. The van der Waals surface area contributed by atoms with Crippen LogP contribution in [0.5, 0.6) is 0 Å². The minimum atomic E-state index is 0.437. The summed E-state index contributed by atoms with van der Waals surface area (Å²) in [5.74, 6) is 0. The van der Waals surface area contributed by atoms with Gasteiger partial charge in [-0.2, -0.15) is 5.10 Å². The molecule has 0 saturated carbocycles. The van der Waals surface area contributed by atoms with E-state index < -0.39 is 0 Å². The van der Waals surface area contributed by atoms with Gasteiger partial charge in [0.1, 0.15) is 0 Å². The monoisotopic (exact) mass is 277 g/mol. The Bertz CT molecular complexity index is 573. The average Bonchev–Trinajstić information content (AvgIpc) is 2.66. The van der Waals surface area contributed by atoms with Crippen molar-refractivity contribution in [3.8, 4) is 5.69 Å². The number of hydrogen-bond donors (Lipinski definition) is 1. The van der Waals surface area contributed by atoms with Gasteiger partial charge in [0, 0.05) is 23.3 Å². The number of hydrogen-bond acceptors (Lipinski definition) is 2. The Morgan fingerprint density at radius 3 is 2.58 bits per heavy atom. The van der Waals surface area contributed by atoms with Gasteiger partial charge in [-0.3, -0.25) is 0 Å². The molecular formula is C15H20ClN3. The van der Waals surface area contributed by atoms with E-state index in [-0.39, 0.29) is 0 Å². The van der Waals surface area contributed by atoms with Crippen molar-refractivity contribution < 1.29 is 0 Å². The van der Waals surface area contributed by atoms with Crippen LogP contribution in [0, 0.1) is 13.8 Å². The maximum Gasteiger partial charge on any atom is 0.0694 e. The summed E-state index contributed by atoms with van der Waals surface area (Å²) in [4.78, 5) is 0. The third-order valence-electron chi connectivity index (χ3n) is 2.98. The molecule has 1 heterocycles. The summed E-state index contributed by atoms with van der Waals surface area (Å²) < 4.78 is 1.98. The van der Waals surface area contributed by atoms with Gasteiger partial charge in [-0.05, 0) is 43.7 Å². The number of rotatable bonds is 4. The van der Waals surface area contributed by atoms with Crippen molar-refractivity contribution >= 4 is 11.6 Å². The fourth-order valence-corrected chi connectivity index (χ4v) is 2.28. The lowest BCUT2D eigenvalue weighted by Crippen LogP contribution is -2.22. The third kappa shape index (κ3) is 3.37. The summed E-state index contributed by atoms with van der Waals surface area (Å²) in [6.45, 7) is 9.12. The van der Waals surface area contributed by atoms with Crippen LogP contribution in [0.4, 0.5) is 0 Å². The Morgan fingerprint density at radius 2 is 2.00 bits per heavy atom. The lowest BCUT2D eigenvalue weighted by molar-refractivity contribution is 0.586. The van der Waals surface area contributed by atoms with Gasteiger partial charge in [-0.1, -0.05) is 25.4 Å². The van der Waals surface area contributed by atoms with E-state index in [2.05, 4.69) is 37.3 Å². The van der Waals surface area contributed by atoms with Gasteiger partial charge in [0.05, 0.1) is 11.4 Å². The van der Waals surface area contributed by atoms with Crippen molar-refractivity contribution in [1.82, 2.24) is 15.1 Å². The number of benzene rings is 1. The van der Waals surface area contributed by atoms with E-state index in [9.17, 15) is 0 Å². The standard InChI is InChI=1S/C15H20ClN3/c1-10(2)17-9-13-8-14(16)5-6-15(13)19-12(4)7-11(3)18-19/h5-8,10,17H,9H2,1-4H3. The van der Waals surface area contributed by atoms with E-state index in [0.29, 0.717) is 6.04 Å². The average molecular weight is 278 g/mol. The largest absolute Gasteiger partial charge is 0.310 e. The van der Waals surface area contributed by atoms with Crippen LogP contribution in [0.15, 0.2) is 24.3 Å². The summed E-state index contributed by atoms with van der Waals surface area (Å²) in [5.41, 5.74) is 4.40. The Labute approximate surface area is 119 Å². The van der Waals surface area contributed by atoms with Crippen LogP contribution in [0.2, 0.25) is 5.02 Å². The van der Waals surface area contributed by atoms with Crippen molar-refractivity contribution in [2.75, 3.05) is 0 Å². The second-order valence-corrected chi connectivity index (χ2v) is 5.58. The van der Waals surface area contributed by atoms with E-state index in [1.807, 2.05) is 29.8 Å². The first kappa shape index (κ1) is 14.1. The van der Waals surface area contributed by atoms with Crippen molar-refractivity contribution in [2.24, 2.45) is 0 Å². The van der Waals surface area contributed by atoms with Crippen molar-refractivity contribution in [3.05, 3.63) is 46.2 Å². The zero-order chi connectivity index (χ0) is 14.0. The van der Waals surface area contributed by atoms with Gasteiger partial charge in [0.25, 0.3) is 0 Å². The lowest BCUT2D eigenvalue weighted by atomic mass is 10.1. The molecule has 0 radical (unpaired) electrons. The fourth-order valence-electron chi connectivity index (χ4n) is 2.09. The Kier molecular flexibility index (Phi) is 4.27. The maximum absolute atomic E-state index is 6.11. The van der Waals surface area contributed by atoms with Crippen LogP contribution in [0.1, 0.15) is 30.8 Å². The van der Waals surface area contributed by atoms with Crippen LogP contribution in [0.3, 0.4) is 0 Å². The molecule has 1 N–H and O–H groups in total. The molecule has 102 valence electrons. The van der Waals surface area contributed by atoms with E-state index in [4.69, 9.17) is 11.6 Å². The minimum absolute atomic E-state index is 0.437. The highest BCUT2D eigenvalue weighted by atomic mass is 35.5. The van der Waals surface area contributed by atoms with Crippen molar-refractivity contribution in [1.29, 1.82) is 0 Å². The third-order valence-corrected chi connectivity index (χ3v) is 3.22. The van der Waals surface area contributed by atoms with Gasteiger partial charge in [-0.25, -0.2) is 4.68 Å². The predicted octanol–water partition coefficient (Wildman–Crippen LogP) is 3.64. The van der Waals surface area contributed by atoms with E-state index >= 15 is 0 Å². The van der Waals surface area contributed by atoms with Gasteiger partial charge in [-0.15, -0.1) is 0 Å². The van der Waals surface area contributed by atoms with Gasteiger partial charge < -0.3 is 5.32 Å². The molecule has 0 aliphatic heterocycles. The molecule has 0 aliphatic carbocycles. The Morgan fingerprint density at radius 1 is 1.26 bits per heavy atom. The SMILES string of the molecule is Cc1cc(C)n(-c2ccc(Cl)cc2CNC(C)C)n1. The first-order valence-electron chi connectivity index (χ1n) is 6.53. The summed E-state index contributed by atoms with van der Waals surface area (Å²) in [6, 6.07) is 8.45. The van der Waals surface area contributed by atoms with Gasteiger partial charge >= 0.3 is 0 Å². The summed E-state index contributed by atoms with van der Waals surface area (Å²) in [7, 11) is 0. The number of nitrogens with one attached hydrogen (secondary N) is 1. The maximum atomic E-state index is 6.11. The normalized spacial score (nSPS) is 11.3. The first-order valence-corrected chi connectivity index (χ1v) is 6.90. The molecule has 1 aromatic heterocycles. The molecule has 2 aromatic rings. The summed E-state index contributed by atoms with van der Waals surface area (Å²) in [5, 5.41) is 8.72. The minimum Gasteiger partial charge on any atom is -0.310 e. The molecule has 4 heteroatoms. The van der Waals surface area contributed by atoms with Crippen LogP contribution >= 0.6 is 11.6 Å². The highest BCUT2D eigenvalue weighted by molar-refractivity contribution is 6.30. The molecule has 0 atom stereocenters.